The highest BCUT2D eigenvalue weighted by Gasteiger charge is 2.59. The topological polar surface area (TPSA) is 72.8 Å². The molecule has 0 amide bonds. The molecule has 5 heteroatoms. The Morgan fingerprint density at radius 3 is 2.65 bits per heavy atom. The van der Waals surface area contributed by atoms with Crippen LogP contribution in [0.15, 0.2) is 23.8 Å². The van der Waals surface area contributed by atoms with Crippen LogP contribution in [0.25, 0.3) is 0 Å². The molecule has 1 N–H and O–H groups in total. The molecule has 0 radical (unpaired) electrons. The van der Waals surface area contributed by atoms with Gasteiger partial charge in [0.25, 0.3) is 0 Å². The van der Waals surface area contributed by atoms with Crippen LogP contribution in [0.5, 0.6) is 0 Å². The average Bonchev–Trinajstić information content (AvgIpc) is 2.85. The van der Waals surface area contributed by atoms with Crippen molar-refractivity contribution < 1.29 is 24.2 Å². The first-order valence-electron chi connectivity index (χ1n) is 9.47. The second kappa shape index (κ2) is 6.22. The zero-order valence-corrected chi connectivity index (χ0v) is 16.3. The Labute approximate surface area is 155 Å². The quantitative estimate of drug-likeness (QED) is 0.602. The summed E-state index contributed by atoms with van der Waals surface area (Å²) in [7, 11) is 1.56. The van der Waals surface area contributed by atoms with Crippen LogP contribution in [0.4, 0.5) is 0 Å². The van der Waals surface area contributed by atoms with E-state index in [0.29, 0.717) is 12.8 Å². The summed E-state index contributed by atoms with van der Waals surface area (Å²) in [5.74, 6) is -2.02. The molecule has 0 aromatic carbocycles. The highest BCUT2D eigenvalue weighted by atomic mass is 16.7. The van der Waals surface area contributed by atoms with E-state index in [0.717, 1.165) is 36.8 Å². The molecular weight excluding hydrogens is 332 g/mol. The molecule has 1 aliphatic heterocycles. The third kappa shape index (κ3) is 2.63. The van der Waals surface area contributed by atoms with Crippen molar-refractivity contribution in [1.29, 1.82) is 0 Å². The fraction of sp³-hybridized carbons (Fsp3) is 0.714. The number of allylic oxidation sites excluding steroid dienone is 1. The number of carboxylic acids is 1. The molecule has 3 rings (SSSR count). The van der Waals surface area contributed by atoms with E-state index in [-0.39, 0.29) is 23.2 Å². The lowest BCUT2D eigenvalue weighted by Gasteiger charge is -2.58. The number of carbonyl (C=O) groups excluding carboxylic acids is 1. The Kier molecular flexibility index (Phi) is 4.58. The molecule has 3 aliphatic rings. The molecule has 2 aliphatic carbocycles. The molecule has 5 nitrogen and oxygen atoms in total. The van der Waals surface area contributed by atoms with E-state index in [9.17, 15) is 14.7 Å². The van der Waals surface area contributed by atoms with Gasteiger partial charge in [0.2, 0.25) is 5.79 Å². The molecule has 26 heavy (non-hydrogen) atoms. The second-order valence-electron chi connectivity index (χ2n) is 8.79. The van der Waals surface area contributed by atoms with E-state index in [1.54, 1.807) is 7.11 Å². The summed E-state index contributed by atoms with van der Waals surface area (Å²) >= 11 is 0. The van der Waals surface area contributed by atoms with Gasteiger partial charge in [-0.05, 0) is 56.8 Å². The summed E-state index contributed by atoms with van der Waals surface area (Å²) in [6.07, 6.45) is 6.20. The van der Waals surface area contributed by atoms with Gasteiger partial charge >= 0.3 is 11.9 Å². The van der Waals surface area contributed by atoms with Gasteiger partial charge in [0.1, 0.15) is 0 Å². The first-order valence-corrected chi connectivity index (χ1v) is 9.47. The highest BCUT2D eigenvalue weighted by molar-refractivity contribution is 5.86. The maximum absolute atomic E-state index is 12.1. The Bertz CT molecular complexity index is 680. The highest BCUT2D eigenvalue weighted by Crippen LogP contribution is 2.63. The summed E-state index contributed by atoms with van der Waals surface area (Å²) in [4.78, 5) is 23.9. The Morgan fingerprint density at radius 1 is 1.42 bits per heavy atom. The number of fused-ring (bicyclic) bond motifs is 1. The van der Waals surface area contributed by atoms with Gasteiger partial charge in [-0.1, -0.05) is 25.5 Å². The van der Waals surface area contributed by atoms with Crippen molar-refractivity contribution in [2.24, 2.45) is 22.7 Å². The predicted molar refractivity (Wildman–Crippen MR) is 97.3 cm³/mol. The van der Waals surface area contributed by atoms with Crippen molar-refractivity contribution in [1.82, 2.24) is 0 Å². The summed E-state index contributed by atoms with van der Waals surface area (Å²) < 4.78 is 11.3. The number of ether oxygens (including phenoxy) is 2. The van der Waals surface area contributed by atoms with Gasteiger partial charge in [0, 0.05) is 25.2 Å². The molecule has 1 heterocycles. The van der Waals surface area contributed by atoms with E-state index >= 15 is 0 Å². The van der Waals surface area contributed by atoms with Crippen molar-refractivity contribution in [3.05, 3.63) is 23.8 Å². The number of rotatable bonds is 4. The molecule has 2 saturated carbocycles. The lowest BCUT2D eigenvalue weighted by Crippen LogP contribution is -2.55. The van der Waals surface area contributed by atoms with Gasteiger partial charge in [-0.25, -0.2) is 4.79 Å². The summed E-state index contributed by atoms with van der Waals surface area (Å²) in [5.41, 5.74) is 0.969. The Morgan fingerprint density at radius 2 is 2.12 bits per heavy atom. The van der Waals surface area contributed by atoms with Crippen LogP contribution in [0, 0.1) is 22.7 Å². The van der Waals surface area contributed by atoms with E-state index in [1.165, 1.54) is 6.08 Å². The normalized spacial score (nSPS) is 42.8. The summed E-state index contributed by atoms with van der Waals surface area (Å²) in [5, 5.41) is 9.94. The van der Waals surface area contributed by atoms with Gasteiger partial charge in [-0.15, -0.1) is 0 Å². The van der Waals surface area contributed by atoms with E-state index in [4.69, 9.17) is 9.47 Å². The number of esters is 1. The van der Waals surface area contributed by atoms with Crippen LogP contribution < -0.4 is 0 Å². The van der Waals surface area contributed by atoms with Crippen molar-refractivity contribution >= 4 is 11.9 Å². The van der Waals surface area contributed by atoms with Gasteiger partial charge in [0.05, 0.1) is 5.41 Å². The van der Waals surface area contributed by atoms with Crippen LogP contribution in [0.3, 0.4) is 0 Å². The van der Waals surface area contributed by atoms with E-state index in [2.05, 4.69) is 13.5 Å². The smallest absolute Gasteiger partial charge is 0.333 e. The van der Waals surface area contributed by atoms with E-state index < -0.39 is 17.2 Å². The molecule has 3 unspecified atom stereocenters. The van der Waals surface area contributed by atoms with Crippen LogP contribution in [0.2, 0.25) is 0 Å². The monoisotopic (exact) mass is 362 g/mol. The minimum absolute atomic E-state index is 0.0504. The van der Waals surface area contributed by atoms with Gasteiger partial charge in [0.15, 0.2) is 0 Å². The summed E-state index contributed by atoms with van der Waals surface area (Å²) in [6, 6.07) is 0. The summed E-state index contributed by atoms with van der Waals surface area (Å²) in [6.45, 7) is 10.3. The maximum atomic E-state index is 12.1. The van der Waals surface area contributed by atoms with Crippen molar-refractivity contribution in [2.45, 2.75) is 65.1 Å². The number of cyclic esters (lactones) is 1. The zero-order chi connectivity index (χ0) is 19.3. The van der Waals surface area contributed by atoms with Gasteiger partial charge in [-0.3, -0.25) is 4.79 Å². The molecule has 144 valence electrons. The number of methoxy groups -OCH3 is 1. The number of carboxylic acid groups (broad SMARTS) is 1. The molecule has 2 fully saturated rings. The first-order chi connectivity index (χ1) is 12.1. The minimum atomic E-state index is -1.06. The van der Waals surface area contributed by atoms with E-state index in [1.807, 2.05) is 13.8 Å². The molecule has 0 bridgehead atoms. The molecular formula is C21H30O5. The fourth-order valence-electron chi connectivity index (χ4n) is 5.90. The van der Waals surface area contributed by atoms with Crippen molar-refractivity contribution in [3.63, 3.8) is 0 Å². The van der Waals surface area contributed by atoms with Crippen LogP contribution in [-0.4, -0.2) is 29.9 Å². The Hall–Kier alpha value is -1.62. The zero-order valence-electron chi connectivity index (χ0n) is 16.3. The maximum Gasteiger partial charge on any atom is 0.333 e. The standard InChI is InChI=1S/C21H30O5/c1-13-7-8-16-19(3,9-6-10-20(16,4)18(23)24)15(13)12-21(25-5)14(2)11-17(22)26-21/h11,15-16H,1,6-10,12H2,2-5H3,(H,23,24)/t15?,16?,19-,20+,21?/m1/s1. The minimum Gasteiger partial charge on any atom is -0.481 e. The van der Waals surface area contributed by atoms with Gasteiger partial charge < -0.3 is 14.6 Å². The number of hydrogen-bond acceptors (Lipinski definition) is 4. The van der Waals surface area contributed by atoms with Crippen molar-refractivity contribution in [2.75, 3.05) is 7.11 Å². The van der Waals surface area contributed by atoms with Gasteiger partial charge in [-0.2, -0.15) is 0 Å². The lowest BCUT2D eigenvalue weighted by molar-refractivity contribution is -0.206. The SMILES string of the molecule is C=C1CCC2[C@](C)(CCC[C@]2(C)C(=O)O)C1CC1(OC)OC(=O)C=C1C. The molecule has 0 aromatic rings. The fourth-order valence-corrected chi connectivity index (χ4v) is 5.90. The van der Waals surface area contributed by atoms with Crippen LogP contribution in [0.1, 0.15) is 59.3 Å². The predicted octanol–water partition coefficient (Wildman–Crippen LogP) is 4.09. The van der Waals surface area contributed by atoms with Crippen molar-refractivity contribution in [3.8, 4) is 0 Å². The molecule has 0 aromatic heterocycles. The first kappa shape index (κ1) is 19.2. The third-order valence-corrected chi connectivity index (χ3v) is 7.51. The third-order valence-electron chi connectivity index (χ3n) is 7.51. The van der Waals surface area contributed by atoms with Crippen LogP contribution >= 0.6 is 0 Å². The second-order valence-corrected chi connectivity index (χ2v) is 8.79. The molecule has 0 saturated heterocycles. The number of carbonyl (C=O) groups is 2. The lowest BCUT2D eigenvalue weighted by atomic mass is 9.46. The van der Waals surface area contributed by atoms with Crippen LogP contribution in [-0.2, 0) is 19.1 Å². The molecule has 5 atom stereocenters. The number of hydrogen-bond donors (Lipinski definition) is 1. The molecule has 0 spiro atoms. The Balaban J connectivity index is 1.98. The number of aliphatic carboxylic acids is 1. The largest absolute Gasteiger partial charge is 0.481 e. The average molecular weight is 362 g/mol.